The molecule has 2 aliphatic rings. The summed E-state index contributed by atoms with van der Waals surface area (Å²) in [6.07, 6.45) is -4.96. The topological polar surface area (TPSA) is 105 Å². The minimum absolute atomic E-state index is 0.0187. The molecule has 256 valence electrons. The quantitative estimate of drug-likeness (QED) is 0.189. The number of alkyl halides is 5. The summed E-state index contributed by atoms with van der Waals surface area (Å²) in [4.78, 5) is 36.4. The van der Waals surface area contributed by atoms with E-state index in [0.717, 1.165) is 17.7 Å². The van der Waals surface area contributed by atoms with Gasteiger partial charge in [0.05, 0.1) is 49.6 Å². The second-order valence-electron chi connectivity index (χ2n) is 12.3. The molecule has 2 saturated heterocycles. The Bertz CT molecular complexity index is 1960. The molecule has 2 fully saturated rings. The fraction of sp³-hybridized carbons (Fsp3) is 0.314. The monoisotopic (exact) mass is 682 g/mol. The summed E-state index contributed by atoms with van der Waals surface area (Å²) in [5, 5.41) is 9.41. The van der Waals surface area contributed by atoms with Crippen molar-refractivity contribution in [3.63, 3.8) is 0 Å². The second-order valence-corrected chi connectivity index (χ2v) is 12.3. The average molecular weight is 683 g/mol. The molecule has 49 heavy (non-hydrogen) atoms. The highest BCUT2D eigenvalue weighted by Crippen LogP contribution is 2.41. The van der Waals surface area contributed by atoms with E-state index < -0.39 is 55.0 Å². The fourth-order valence-electron chi connectivity index (χ4n) is 6.23. The van der Waals surface area contributed by atoms with E-state index in [1.54, 1.807) is 44.2 Å². The number of aromatic nitrogens is 2. The van der Waals surface area contributed by atoms with Gasteiger partial charge in [-0.3, -0.25) is 4.90 Å². The van der Waals surface area contributed by atoms with Gasteiger partial charge in [-0.25, -0.2) is 28.3 Å². The van der Waals surface area contributed by atoms with Gasteiger partial charge in [0, 0.05) is 17.3 Å². The molecule has 2 atom stereocenters. The summed E-state index contributed by atoms with van der Waals surface area (Å²) in [5.41, 5.74) is 3.12. The van der Waals surface area contributed by atoms with Gasteiger partial charge in [0.1, 0.15) is 11.9 Å². The maximum absolute atomic E-state index is 13.8. The van der Waals surface area contributed by atoms with Gasteiger partial charge in [0.2, 0.25) is 5.95 Å². The van der Waals surface area contributed by atoms with Crippen LogP contribution in [-0.4, -0.2) is 64.2 Å². The van der Waals surface area contributed by atoms with E-state index in [2.05, 4.69) is 9.97 Å². The van der Waals surface area contributed by atoms with E-state index in [-0.39, 0.29) is 29.3 Å². The number of rotatable bonds is 8. The van der Waals surface area contributed by atoms with Gasteiger partial charge in [-0.05, 0) is 79.4 Å². The Morgan fingerprint density at radius 2 is 1.78 bits per heavy atom. The van der Waals surface area contributed by atoms with Crippen LogP contribution in [0.25, 0.3) is 22.3 Å². The van der Waals surface area contributed by atoms with Crippen LogP contribution in [0, 0.1) is 13.8 Å². The van der Waals surface area contributed by atoms with Gasteiger partial charge in [0.15, 0.2) is 0 Å². The first kappa shape index (κ1) is 33.6. The number of carboxylic acids is 1. The van der Waals surface area contributed by atoms with Gasteiger partial charge in [-0.15, -0.1) is 0 Å². The highest BCUT2D eigenvalue weighted by molar-refractivity contribution is 5.89. The highest BCUT2D eigenvalue weighted by Gasteiger charge is 2.46. The Balaban J connectivity index is 1.41. The number of benzene rings is 3. The van der Waals surface area contributed by atoms with Crippen molar-refractivity contribution in [1.29, 1.82) is 0 Å². The van der Waals surface area contributed by atoms with Crippen LogP contribution >= 0.6 is 0 Å². The van der Waals surface area contributed by atoms with Crippen molar-refractivity contribution in [3.05, 3.63) is 94.3 Å². The maximum Gasteiger partial charge on any atom is 0.416 e. The SMILES string of the molecule is COc1ccc(-c2ccc(C(=O)O)cc2C)cc1-c1cnc(N2CC(F)(F)C2)nc1CN1C(=O)O[C@H](c2cc(C)cc(C(F)(F)F)c2)[C@@H]1C. The van der Waals surface area contributed by atoms with E-state index in [9.17, 15) is 36.6 Å². The number of aryl methyl sites for hydroxylation is 2. The smallest absolute Gasteiger partial charge is 0.416 e. The first-order valence-corrected chi connectivity index (χ1v) is 15.2. The van der Waals surface area contributed by atoms with Crippen molar-refractivity contribution in [2.24, 2.45) is 0 Å². The number of carbonyl (C=O) groups excluding carboxylic acids is 1. The summed E-state index contributed by atoms with van der Waals surface area (Å²) >= 11 is 0. The zero-order chi connectivity index (χ0) is 35.4. The number of aromatic carboxylic acids is 1. The molecule has 0 saturated carbocycles. The number of halogens is 5. The Labute approximate surface area is 277 Å². The summed E-state index contributed by atoms with van der Waals surface area (Å²) in [6.45, 7) is 3.58. The third-order valence-corrected chi connectivity index (χ3v) is 8.72. The molecular formula is C35H31F5N4O5. The van der Waals surface area contributed by atoms with Gasteiger partial charge in [-0.2, -0.15) is 13.2 Å². The fourth-order valence-corrected chi connectivity index (χ4v) is 6.23. The van der Waals surface area contributed by atoms with Crippen LogP contribution in [-0.2, 0) is 17.5 Å². The van der Waals surface area contributed by atoms with Crippen LogP contribution in [0.4, 0.5) is 32.7 Å². The number of hydrogen-bond acceptors (Lipinski definition) is 7. The molecule has 0 unspecified atom stereocenters. The van der Waals surface area contributed by atoms with Crippen molar-refractivity contribution < 1.29 is 46.1 Å². The molecule has 1 N–H and O–H groups in total. The first-order valence-electron chi connectivity index (χ1n) is 15.2. The number of hydrogen-bond donors (Lipinski definition) is 1. The number of ether oxygens (including phenoxy) is 2. The van der Waals surface area contributed by atoms with Crippen LogP contribution in [0.1, 0.15) is 51.3 Å². The Hall–Kier alpha value is -5.27. The third kappa shape index (κ3) is 6.59. The number of cyclic esters (lactones) is 1. The molecular weight excluding hydrogens is 651 g/mol. The van der Waals surface area contributed by atoms with E-state index in [1.807, 2.05) is 0 Å². The molecule has 2 aliphatic heterocycles. The molecule has 1 amide bonds. The molecule has 0 spiro atoms. The first-order chi connectivity index (χ1) is 23.0. The number of amides is 1. The van der Waals surface area contributed by atoms with Gasteiger partial charge < -0.3 is 19.5 Å². The van der Waals surface area contributed by atoms with Crippen LogP contribution < -0.4 is 9.64 Å². The minimum Gasteiger partial charge on any atom is -0.496 e. The lowest BCUT2D eigenvalue weighted by molar-refractivity contribution is -0.137. The molecule has 9 nitrogen and oxygen atoms in total. The number of nitrogens with zero attached hydrogens (tertiary/aromatic N) is 4. The number of carbonyl (C=O) groups is 2. The van der Waals surface area contributed by atoms with Gasteiger partial charge in [-0.1, -0.05) is 23.8 Å². The zero-order valence-electron chi connectivity index (χ0n) is 26.8. The molecule has 0 radical (unpaired) electrons. The molecule has 4 aromatic rings. The number of anilines is 1. The van der Waals surface area contributed by atoms with Crippen molar-refractivity contribution in [2.75, 3.05) is 25.1 Å². The standard InChI is InChI=1S/C35H31F5N4O5/c1-18-9-23(12-24(10-18)35(38,39)40)30-20(3)44(33(47)49-30)15-28-27(14-41-32(42-28)43-16-34(36,37)17-43)26-13-21(6-8-29(26)48-4)25-7-5-22(31(45)46)11-19(25)2/h5-14,20,30H,15-17H2,1-4H3,(H,45,46)/t20-,30-/m0/s1. The predicted octanol–water partition coefficient (Wildman–Crippen LogP) is 7.69. The van der Waals surface area contributed by atoms with E-state index >= 15 is 0 Å². The number of carboxylic acid groups (broad SMARTS) is 1. The van der Waals surface area contributed by atoms with Crippen molar-refractivity contribution in [2.45, 2.75) is 51.6 Å². The van der Waals surface area contributed by atoms with E-state index in [1.165, 1.54) is 42.2 Å². The Morgan fingerprint density at radius 1 is 1.04 bits per heavy atom. The second kappa shape index (κ2) is 12.3. The van der Waals surface area contributed by atoms with E-state index in [4.69, 9.17) is 9.47 Å². The van der Waals surface area contributed by atoms with Crippen LogP contribution in [0.5, 0.6) is 5.75 Å². The van der Waals surface area contributed by atoms with Crippen LogP contribution in [0.3, 0.4) is 0 Å². The normalized spacial score (nSPS) is 18.7. The zero-order valence-corrected chi connectivity index (χ0v) is 26.8. The van der Waals surface area contributed by atoms with E-state index in [0.29, 0.717) is 33.6 Å². The van der Waals surface area contributed by atoms with Crippen molar-refractivity contribution in [1.82, 2.24) is 14.9 Å². The molecule has 1 aromatic heterocycles. The van der Waals surface area contributed by atoms with Gasteiger partial charge in [0.25, 0.3) is 5.92 Å². The largest absolute Gasteiger partial charge is 0.496 e. The summed E-state index contributed by atoms with van der Waals surface area (Å²) < 4.78 is 79.7. The molecule has 6 rings (SSSR count). The Morgan fingerprint density at radius 3 is 2.41 bits per heavy atom. The third-order valence-electron chi connectivity index (χ3n) is 8.72. The predicted molar refractivity (Wildman–Crippen MR) is 169 cm³/mol. The summed E-state index contributed by atoms with van der Waals surface area (Å²) in [6, 6.07) is 12.8. The van der Waals surface area contributed by atoms with Crippen molar-refractivity contribution >= 4 is 18.0 Å². The van der Waals surface area contributed by atoms with Crippen LogP contribution in [0.2, 0.25) is 0 Å². The highest BCUT2D eigenvalue weighted by atomic mass is 19.4. The lowest BCUT2D eigenvalue weighted by Gasteiger charge is -2.38. The molecule has 0 bridgehead atoms. The van der Waals surface area contributed by atoms with Gasteiger partial charge >= 0.3 is 18.2 Å². The minimum atomic E-state index is -4.60. The van der Waals surface area contributed by atoms with Crippen LogP contribution in [0.15, 0.2) is 60.8 Å². The number of methoxy groups -OCH3 is 1. The molecule has 14 heteroatoms. The average Bonchev–Trinajstić information content (AvgIpc) is 3.31. The molecule has 0 aliphatic carbocycles. The molecule has 3 aromatic carbocycles. The molecule has 3 heterocycles. The Kier molecular flexibility index (Phi) is 8.45. The summed E-state index contributed by atoms with van der Waals surface area (Å²) in [7, 11) is 1.46. The summed E-state index contributed by atoms with van der Waals surface area (Å²) in [5.74, 6) is -3.54. The maximum atomic E-state index is 13.8. The lowest BCUT2D eigenvalue weighted by Crippen LogP contribution is -2.57. The lowest BCUT2D eigenvalue weighted by atomic mass is 9.94. The van der Waals surface area contributed by atoms with Crippen molar-refractivity contribution in [3.8, 4) is 28.0 Å².